The van der Waals surface area contributed by atoms with E-state index in [1.165, 1.54) is 6.20 Å². The Morgan fingerprint density at radius 3 is 2.57 bits per heavy atom. The van der Waals surface area contributed by atoms with Crippen molar-refractivity contribution in [3.8, 4) is 0 Å². The lowest BCUT2D eigenvalue weighted by Gasteiger charge is -2.22. The number of aromatic nitrogens is 2. The number of alkyl halides is 3. The summed E-state index contributed by atoms with van der Waals surface area (Å²) in [6.07, 6.45) is -3.27. The van der Waals surface area contributed by atoms with Gasteiger partial charge in [-0.15, -0.1) is 0 Å². The average Bonchev–Trinajstić information content (AvgIpc) is 3.14. The summed E-state index contributed by atoms with van der Waals surface area (Å²) in [5.74, 6) is 0. The first-order valence-corrected chi connectivity index (χ1v) is 6.79. The van der Waals surface area contributed by atoms with Crippen LogP contribution in [0.25, 0.3) is 0 Å². The van der Waals surface area contributed by atoms with E-state index in [9.17, 15) is 18.0 Å². The molecule has 1 aromatic heterocycles. The van der Waals surface area contributed by atoms with Crippen LogP contribution in [0, 0.1) is 0 Å². The van der Waals surface area contributed by atoms with Gasteiger partial charge < -0.3 is 10.2 Å². The maximum Gasteiger partial charge on any atom is 0.411 e. The van der Waals surface area contributed by atoms with Crippen LogP contribution in [0.15, 0.2) is 11.0 Å². The first-order chi connectivity index (χ1) is 9.66. The Labute approximate surface area is 124 Å². The molecule has 2 rings (SSSR count). The summed E-state index contributed by atoms with van der Waals surface area (Å²) in [4.78, 5) is 13.8. The number of nitrogens with zero attached hydrogens (tertiary/aromatic N) is 3. The lowest BCUT2D eigenvalue weighted by atomic mass is 10.2. The molecule has 0 bridgehead atoms. The number of nitrogens with one attached hydrogen (secondary N) is 1. The normalized spacial score (nSPS) is 17.1. The van der Waals surface area contributed by atoms with Gasteiger partial charge >= 0.3 is 6.18 Å². The molecule has 1 fully saturated rings. The molecule has 0 radical (unpaired) electrons. The SMILES string of the molecule is CN(C)CCn1ncc(NC2(C(F)(F)F)CC2)c(Cl)c1=O. The van der Waals surface area contributed by atoms with Crippen molar-refractivity contribution in [3.63, 3.8) is 0 Å². The summed E-state index contributed by atoms with van der Waals surface area (Å²) < 4.78 is 39.8. The molecule has 118 valence electrons. The van der Waals surface area contributed by atoms with Crippen molar-refractivity contribution in [2.24, 2.45) is 0 Å². The minimum atomic E-state index is -4.38. The van der Waals surface area contributed by atoms with Crippen LogP contribution in [0.1, 0.15) is 12.8 Å². The van der Waals surface area contributed by atoms with Crippen molar-refractivity contribution >= 4 is 17.3 Å². The fraction of sp³-hybridized carbons (Fsp3) is 0.667. The summed E-state index contributed by atoms with van der Waals surface area (Å²) in [6, 6.07) is 0. The summed E-state index contributed by atoms with van der Waals surface area (Å²) in [6.45, 7) is 0.888. The largest absolute Gasteiger partial charge is 0.411 e. The lowest BCUT2D eigenvalue weighted by molar-refractivity contribution is -0.151. The van der Waals surface area contributed by atoms with Gasteiger partial charge in [-0.3, -0.25) is 4.79 Å². The van der Waals surface area contributed by atoms with Gasteiger partial charge in [-0.2, -0.15) is 18.3 Å². The van der Waals surface area contributed by atoms with E-state index in [1.807, 2.05) is 19.0 Å². The summed E-state index contributed by atoms with van der Waals surface area (Å²) in [7, 11) is 3.67. The van der Waals surface area contributed by atoms with Crippen molar-refractivity contribution in [2.45, 2.75) is 31.1 Å². The zero-order valence-corrected chi connectivity index (χ0v) is 12.4. The fourth-order valence-electron chi connectivity index (χ4n) is 1.87. The van der Waals surface area contributed by atoms with Crippen LogP contribution in [0.3, 0.4) is 0 Å². The van der Waals surface area contributed by atoms with Crippen LogP contribution in [-0.4, -0.2) is 47.0 Å². The van der Waals surface area contributed by atoms with E-state index in [0.717, 1.165) is 4.68 Å². The first-order valence-electron chi connectivity index (χ1n) is 6.41. The molecule has 0 aliphatic heterocycles. The lowest BCUT2D eigenvalue weighted by Crippen LogP contribution is -2.39. The smallest absolute Gasteiger partial charge is 0.369 e. The van der Waals surface area contributed by atoms with Crippen LogP contribution in [0.2, 0.25) is 5.02 Å². The molecule has 9 heteroatoms. The number of rotatable bonds is 5. The minimum Gasteiger partial charge on any atom is -0.369 e. The Kier molecular flexibility index (Phi) is 4.21. The molecule has 1 heterocycles. The van der Waals surface area contributed by atoms with Crippen molar-refractivity contribution < 1.29 is 13.2 Å². The van der Waals surface area contributed by atoms with E-state index >= 15 is 0 Å². The average molecular weight is 325 g/mol. The van der Waals surface area contributed by atoms with Gasteiger partial charge in [-0.25, -0.2) is 4.68 Å². The number of anilines is 1. The molecule has 1 saturated carbocycles. The Morgan fingerprint density at radius 2 is 2.10 bits per heavy atom. The Bertz CT molecular complexity index is 581. The molecule has 0 saturated heterocycles. The van der Waals surface area contributed by atoms with Crippen molar-refractivity contribution in [1.29, 1.82) is 0 Å². The molecule has 1 aliphatic carbocycles. The standard InChI is InChI=1S/C12H16ClF3N4O/c1-19(2)5-6-20-10(21)9(13)8(7-17-20)18-11(3-4-11)12(14,15)16/h7,18H,3-6H2,1-2H3. The van der Waals surface area contributed by atoms with E-state index < -0.39 is 17.3 Å². The third-order valence-corrected chi connectivity index (χ3v) is 3.78. The molecule has 0 spiro atoms. The highest BCUT2D eigenvalue weighted by molar-refractivity contribution is 6.33. The number of hydrogen-bond acceptors (Lipinski definition) is 4. The van der Waals surface area contributed by atoms with Gasteiger partial charge in [-0.1, -0.05) is 11.6 Å². The summed E-state index contributed by atoms with van der Waals surface area (Å²) in [5, 5.41) is 5.93. The Hall–Kier alpha value is -1.28. The molecule has 0 unspecified atom stereocenters. The topological polar surface area (TPSA) is 50.2 Å². The third-order valence-electron chi connectivity index (χ3n) is 3.41. The Morgan fingerprint density at radius 1 is 1.48 bits per heavy atom. The molecule has 5 nitrogen and oxygen atoms in total. The highest BCUT2D eigenvalue weighted by Crippen LogP contribution is 2.51. The van der Waals surface area contributed by atoms with E-state index in [0.29, 0.717) is 13.1 Å². The predicted octanol–water partition coefficient (Wildman–Crippen LogP) is 1.97. The number of likely N-dealkylation sites (N-methyl/N-ethyl adjacent to an activating group) is 1. The van der Waals surface area contributed by atoms with Gasteiger partial charge in [0.25, 0.3) is 5.56 Å². The maximum absolute atomic E-state index is 12.9. The van der Waals surface area contributed by atoms with Gasteiger partial charge in [0.2, 0.25) is 0 Å². The summed E-state index contributed by atoms with van der Waals surface area (Å²) in [5.41, 5.74) is -2.64. The zero-order valence-electron chi connectivity index (χ0n) is 11.7. The molecule has 0 atom stereocenters. The van der Waals surface area contributed by atoms with E-state index in [1.54, 1.807) is 0 Å². The van der Waals surface area contributed by atoms with Crippen LogP contribution < -0.4 is 10.9 Å². The monoisotopic (exact) mass is 324 g/mol. The van der Waals surface area contributed by atoms with Crippen LogP contribution in [-0.2, 0) is 6.54 Å². The molecule has 1 aliphatic rings. The second-order valence-corrected chi connectivity index (χ2v) is 5.79. The van der Waals surface area contributed by atoms with Crippen LogP contribution >= 0.6 is 11.6 Å². The second kappa shape index (κ2) is 5.49. The van der Waals surface area contributed by atoms with Gasteiger partial charge in [0, 0.05) is 6.54 Å². The fourth-order valence-corrected chi connectivity index (χ4v) is 2.06. The Balaban J connectivity index is 2.20. The van der Waals surface area contributed by atoms with Crippen LogP contribution in [0.4, 0.5) is 18.9 Å². The predicted molar refractivity (Wildman–Crippen MR) is 73.7 cm³/mol. The van der Waals surface area contributed by atoms with Gasteiger partial charge in [-0.05, 0) is 26.9 Å². The van der Waals surface area contributed by atoms with E-state index in [-0.39, 0.29) is 23.6 Å². The highest BCUT2D eigenvalue weighted by Gasteiger charge is 2.63. The van der Waals surface area contributed by atoms with E-state index in [2.05, 4.69) is 10.4 Å². The maximum atomic E-state index is 12.9. The van der Waals surface area contributed by atoms with Crippen molar-refractivity contribution in [1.82, 2.24) is 14.7 Å². The van der Waals surface area contributed by atoms with Gasteiger partial charge in [0.15, 0.2) is 0 Å². The van der Waals surface area contributed by atoms with Gasteiger partial charge in [0.05, 0.1) is 18.4 Å². The third kappa shape index (κ3) is 3.32. The van der Waals surface area contributed by atoms with Crippen molar-refractivity contribution in [3.05, 3.63) is 21.6 Å². The van der Waals surface area contributed by atoms with Crippen molar-refractivity contribution in [2.75, 3.05) is 26.0 Å². The quantitative estimate of drug-likeness (QED) is 0.899. The molecule has 1 aromatic rings. The van der Waals surface area contributed by atoms with E-state index in [4.69, 9.17) is 11.6 Å². The second-order valence-electron chi connectivity index (χ2n) is 5.41. The highest BCUT2D eigenvalue weighted by atomic mass is 35.5. The molecule has 21 heavy (non-hydrogen) atoms. The molecule has 0 amide bonds. The first kappa shape index (κ1) is 16.1. The van der Waals surface area contributed by atoms with Gasteiger partial charge in [0.1, 0.15) is 10.6 Å². The molecular weight excluding hydrogens is 309 g/mol. The van der Waals surface area contributed by atoms with Crippen LogP contribution in [0.5, 0.6) is 0 Å². The zero-order chi connectivity index (χ0) is 15.8. The molecule has 1 N–H and O–H groups in total. The number of hydrogen-bond donors (Lipinski definition) is 1. The minimum absolute atomic E-state index is 0.0312. The molecular formula is C12H16ClF3N4O. The molecule has 0 aromatic carbocycles. The summed E-state index contributed by atoms with van der Waals surface area (Å²) >= 11 is 5.88. The number of halogens is 4.